The lowest BCUT2D eigenvalue weighted by molar-refractivity contribution is -0.274. The molecular formula is C19H25F3N2O5S. The molecule has 2 saturated heterocycles. The Balaban J connectivity index is 1.66. The number of carbonyl (C=O) groups is 1. The van der Waals surface area contributed by atoms with Gasteiger partial charge in [0.15, 0.2) is 0 Å². The number of amides is 1. The van der Waals surface area contributed by atoms with E-state index in [9.17, 15) is 26.4 Å². The first kappa shape index (κ1) is 22.7. The summed E-state index contributed by atoms with van der Waals surface area (Å²) in [6.45, 7) is 4.88. The van der Waals surface area contributed by atoms with Crippen molar-refractivity contribution in [3.05, 3.63) is 24.3 Å². The fourth-order valence-corrected chi connectivity index (χ4v) is 5.37. The summed E-state index contributed by atoms with van der Waals surface area (Å²) in [5, 5.41) is 0. The van der Waals surface area contributed by atoms with Crippen LogP contribution in [0.25, 0.3) is 0 Å². The SMILES string of the molecule is CCC(C)C1COC(=O)N1C1CCN(S(=O)(=O)c2ccc(OC(F)(F)F)cc2)CC1. The molecule has 168 valence electrons. The Kier molecular flexibility index (Phi) is 6.51. The van der Waals surface area contributed by atoms with Crippen molar-refractivity contribution in [1.29, 1.82) is 0 Å². The molecule has 3 rings (SSSR count). The predicted octanol–water partition coefficient (Wildman–Crippen LogP) is 3.61. The van der Waals surface area contributed by atoms with Crippen molar-refractivity contribution in [2.75, 3.05) is 19.7 Å². The van der Waals surface area contributed by atoms with Crippen LogP contribution in [-0.2, 0) is 14.8 Å². The number of rotatable bonds is 6. The fraction of sp³-hybridized carbons (Fsp3) is 0.632. The molecule has 2 aliphatic rings. The first-order valence-electron chi connectivity index (χ1n) is 9.84. The van der Waals surface area contributed by atoms with Crippen LogP contribution in [0, 0.1) is 5.92 Å². The normalized spacial score (nSPS) is 22.8. The zero-order valence-electron chi connectivity index (χ0n) is 16.8. The Labute approximate surface area is 173 Å². The topological polar surface area (TPSA) is 76.2 Å². The number of alkyl halides is 3. The number of benzene rings is 1. The highest BCUT2D eigenvalue weighted by Gasteiger charge is 2.42. The molecule has 0 aliphatic carbocycles. The molecule has 0 spiro atoms. The zero-order valence-corrected chi connectivity index (χ0v) is 17.6. The third kappa shape index (κ3) is 4.83. The van der Waals surface area contributed by atoms with Gasteiger partial charge in [-0.05, 0) is 43.0 Å². The summed E-state index contributed by atoms with van der Waals surface area (Å²) in [7, 11) is -3.86. The number of sulfonamides is 1. The van der Waals surface area contributed by atoms with Crippen LogP contribution in [0.2, 0.25) is 0 Å². The third-order valence-electron chi connectivity index (χ3n) is 5.76. The monoisotopic (exact) mass is 450 g/mol. The van der Waals surface area contributed by atoms with Crippen molar-refractivity contribution in [3.63, 3.8) is 0 Å². The highest BCUT2D eigenvalue weighted by Crippen LogP contribution is 2.31. The van der Waals surface area contributed by atoms with E-state index in [0.717, 1.165) is 30.7 Å². The van der Waals surface area contributed by atoms with E-state index in [1.165, 1.54) is 4.31 Å². The van der Waals surface area contributed by atoms with Crippen LogP contribution in [0.3, 0.4) is 0 Å². The number of carbonyl (C=O) groups excluding carboxylic acids is 1. The van der Waals surface area contributed by atoms with Crippen LogP contribution in [0.4, 0.5) is 18.0 Å². The molecule has 1 aromatic rings. The molecule has 2 aliphatic heterocycles. The van der Waals surface area contributed by atoms with Crippen LogP contribution in [0.15, 0.2) is 29.2 Å². The van der Waals surface area contributed by atoms with Gasteiger partial charge in [-0.25, -0.2) is 13.2 Å². The number of ether oxygens (including phenoxy) is 2. The maximum Gasteiger partial charge on any atom is 0.573 e. The van der Waals surface area contributed by atoms with Gasteiger partial charge in [0.1, 0.15) is 12.4 Å². The van der Waals surface area contributed by atoms with Gasteiger partial charge in [0.2, 0.25) is 10.0 Å². The third-order valence-corrected chi connectivity index (χ3v) is 7.67. The molecule has 2 heterocycles. The lowest BCUT2D eigenvalue weighted by Gasteiger charge is -2.38. The molecule has 7 nitrogen and oxygen atoms in total. The molecule has 1 amide bonds. The molecule has 2 atom stereocenters. The summed E-state index contributed by atoms with van der Waals surface area (Å²) in [5.74, 6) is -0.209. The highest BCUT2D eigenvalue weighted by molar-refractivity contribution is 7.89. The minimum atomic E-state index is -4.84. The maximum absolute atomic E-state index is 12.9. The van der Waals surface area contributed by atoms with Gasteiger partial charge in [0, 0.05) is 19.1 Å². The highest BCUT2D eigenvalue weighted by atomic mass is 32.2. The number of piperidine rings is 1. The summed E-state index contributed by atoms with van der Waals surface area (Å²) in [6, 6.07) is 4.03. The lowest BCUT2D eigenvalue weighted by Crippen LogP contribution is -2.51. The van der Waals surface area contributed by atoms with Crippen LogP contribution in [-0.4, -0.2) is 61.9 Å². The van der Waals surface area contributed by atoms with Gasteiger partial charge in [-0.15, -0.1) is 13.2 Å². The Morgan fingerprint density at radius 1 is 1.20 bits per heavy atom. The van der Waals surface area contributed by atoms with E-state index in [1.54, 1.807) is 4.90 Å². The van der Waals surface area contributed by atoms with E-state index in [0.29, 0.717) is 19.4 Å². The van der Waals surface area contributed by atoms with E-state index < -0.39 is 22.1 Å². The number of cyclic esters (lactones) is 1. The summed E-state index contributed by atoms with van der Waals surface area (Å²) >= 11 is 0. The van der Waals surface area contributed by atoms with Gasteiger partial charge in [-0.2, -0.15) is 4.31 Å². The van der Waals surface area contributed by atoms with Crippen LogP contribution < -0.4 is 4.74 Å². The van der Waals surface area contributed by atoms with Gasteiger partial charge < -0.3 is 9.47 Å². The van der Waals surface area contributed by atoms with Crippen molar-refractivity contribution in [2.45, 2.75) is 56.5 Å². The van der Waals surface area contributed by atoms with Crippen LogP contribution in [0.1, 0.15) is 33.1 Å². The fourth-order valence-electron chi connectivity index (χ4n) is 3.90. The second kappa shape index (κ2) is 8.62. The van der Waals surface area contributed by atoms with E-state index in [-0.39, 0.29) is 42.1 Å². The quantitative estimate of drug-likeness (QED) is 0.662. The first-order chi connectivity index (χ1) is 14.0. The van der Waals surface area contributed by atoms with Crippen molar-refractivity contribution in [2.24, 2.45) is 5.92 Å². The standard InChI is InChI=1S/C19H25F3N2O5S/c1-3-13(2)17-12-28-18(25)24(17)14-8-10-23(11-9-14)30(26,27)16-6-4-15(5-7-16)29-19(20,21)22/h4-7,13-14,17H,3,8-12H2,1-2H3. The second-order valence-corrected chi connectivity index (χ2v) is 9.53. The van der Waals surface area contributed by atoms with Crippen LogP contribution >= 0.6 is 0 Å². The average molecular weight is 450 g/mol. The Morgan fingerprint density at radius 2 is 1.80 bits per heavy atom. The maximum atomic E-state index is 12.9. The van der Waals surface area contributed by atoms with E-state index in [4.69, 9.17) is 4.74 Å². The number of nitrogens with zero attached hydrogens (tertiary/aromatic N) is 2. The predicted molar refractivity (Wildman–Crippen MR) is 101 cm³/mol. The van der Waals surface area contributed by atoms with Crippen molar-refractivity contribution < 1.29 is 35.9 Å². The first-order valence-corrected chi connectivity index (χ1v) is 11.3. The van der Waals surface area contributed by atoms with Gasteiger partial charge in [-0.1, -0.05) is 20.3 Å². The summed E-state index contributed by atoms with van der Waals surface area (Å²) in [6.07, 6.45) is -3.36. The molecule has 0 radical (unpaired) electrons. The molecule has 0 aromatic heterocycles. The lowest BCUT2D eigenvalue weighted by atomic mass is 9.95. The molecule has 2 unspecified atom stereocenters. The summed E-state index contributed by atoms with van der Waals surface area (Å²) in [4.78, 5) is 13.9. The van der Waals surface area contributed by atoms with Gasteiger partial charge in [0.25, 0.3) is 0 Å². The number of halogens is 3. The smallest absolute Gasteiger partial charge is 0.447 e. The molecule has 2 fully saturated rings. The molecule has 1 aromatic carbocycles. The summed E-state index contributed by atoms with van der Waals surface area (Å²) < 4.78 is 72.8. The van der Waals surface area contributed by atoms with Gasteiger partial charge in [-0.3, -0.25) is 4.90 Å². The van der Waals surface area contributed by atoms with Gasteiger partial charge >= 0.3 is 12.5 Å². The van der Waals surface area contributed by atoms with E-state index >= 15 is 0 Å². The number of hydrogen-bond donors (Lipinski definition) is 0. The minimum absolute atomic E-state index is 0.0168. The van der Waals surface area contributed by atoms with E-state index in [1.807, 2.05) is 6.92 Å². The Bertz CT molecular complexity index is 852. The second-order valence-electron chi connectivity index (χ2n) is 7.59. The summed E-state index contributed by atoms with van der Waals surface area (Å²) in [5.41, 5.74) is 0. The van der Waals surface area contributed by atoms with E-state index in [2.05, 4.69) is 11.7 Å². The Hall–Kier alpha value is -2.01. The largest absolute Gasteiger partial charge is 0.573 e. The molecule has 30 heavy (non-hydrogen) atoms. The van der Waals surface area contributed by atoms with Crippen molar-refractivity contribution in [1.82, 2.24) is 9.21 Å². The zero-order chi connectivity index (χ0) is 22.1. The van der Waals surface area contributed by atoms with Crippen molar-refractivity contribution in [3.8, 4) is 5.75 Å². The van der Waals surface area contributed by atoms with Crippen LogP contribution in [0.5, 0.6) is 5.75 Å². The molecule has 0 N–H and O–H groups in total. The molecule has 0 bridgehead atoms. The average Bonchev–Trinajstić information content (AvgIpc) is 3.08. The van der Waals surface area contributed by atoms with Crippen molar-refractivity contribution >= 4 is 16.1 Å². The number of hydrogen-bond acceptors (Lipinski definition) is 5. The Morgan fingerprint density at radius 3 is 2.33 bits per heavy atom. The molecule has 11 heteroatoms. The molecular weight excluding hydrogens is 425 g/mol. The minimum Gasteiger partial charge on any atom is -0.447 e. The molecule has 0 saturated carbocycles. The van der Waals surface area contributed by atoms with Gasteiger partial charge in [0.05, 0.1) is 10.9 Å².